The molecule has 1 aromatic carbocycles. The van der Waals surface area contributed by atoms with Crippen LogP contribution < -0.4 is 4.90 Å². The van der Waals surface area contributed by atoms with Crippen molar-refractivity contribution in [1.29, 1.82) is 0 Å². The lowest BCUT2D eigenvalue weighted by Crippen LogP contribution is -2.52. The average molecular weight is 379 g/mol. The lowest BCUT2D eigenvalue weighted by molar-refractivity contribution is -0.141. The number of nitrogens with zero attached hydrogens (tertiary/aromatic N) is 3. The van der Waals surface area contributed by atoms with Crippen LogP contribution in [0.1, 0.15) is 28.5 Å². The van der Waals surface area contributed by atoms with E-state index in [0.29, 0.717) is 25.7 Å². The lowest BCUT2D eigenvalue weighted by Gasteiger charge is -2.41. The van der Waals surface area contributed by atoms with Gasteiger partial charge in [0.05, 0.1) is 0 Å². The van der Waals surface area contributed by atoms with E-state index in [1.165, 1.54) is 0 Å². The van der Waals surface area contributed by atoms with E-state index in [-0.39, 0.29) is 17.4 Å². The van der Waals surface area contributed by atoms with E-state index in [2.05, 4.69) is 9.88 Å². The van der Waals surface area contributed by atoms with Crippen LogP contribution in [0, 0.1) is 0 Å². The van der Waals surface area contributed by atoms with Crippen molar-refractivity contribution in [2.45, 2.75) is 25.7 Å². The molecule has 2 aromatic rings. The second-order valence-electron chi connectivity index (χ2n) is 6.62. The molecule has 0 radical (unpaired) electrons. The van der Waals surface area contributed by atoms with Gasteiger partial charge >= 0.3 is 12.1 Å². The third-order valence-electron chi connectivity index (χ3n) is 4.69. The molecule has 1 aromatic heterocycles. The molecular formula is C19H20F3N3O2. The van der Waals surface area contributed by atoms with Crippen molar-refractivity contribution in [2.24, 2.45) is 0 Å². The fourth-order valence-electron chi connectivity index (χ4n) is 3.25. The maximum atomic E-state index is 13.0. The zero-order chi connectivity index (χ0) is 19.6. The molecule has 1 fully saturated rings. The van der Waals surface area contributed by atoms with Crippen LogP contribution in [0.4, 0.5) is 19.0 Å². The number of hydrogen-bond donors (Lipinski definition) is 1. The zero-order valence-electron chi connectivity index (χ0n) is 14.8. The van der Waals surface area contributed by atoms with Crippen molar-refractivity contribution in [3.05, 3.63) is 59.3 Å². The summed E-state index contributed by atoms with van der Waals surface area (Å²) >= 11 is 0. The maximum absolute atomic E-state index is 13.0. The van der Waals surface area contributed by atoms with Crippen LogP contribution in [0.5, 0.6) is 0 Å². The Labute approximate surface area is 155 Å². The van der Waals surface area contributed by atoms with Gasteiger partial charge in [-0.15, -0.1) is 0 Å². The predicted molar refractivity (Wildman–Crippen MR) is 94.7 cm³/mol. The third kappa shape index (κ3) is 4.39. The van der Waals surface area contributed by atoms with Gasteiger partial charge in [-0.2, -0.15) is 13.2 Å². The number of halogens is 3. The minimum Gasteiger partial charge on any atom is -0.478 e. The first-order valence-electron chi connectivity index (χ1n) is 8.60. The molecule has 3 rings (SSSR count). The van der Waals surface area contributed by atoms with Gasteiger partial charge in [-0.05, 0) is 24.6 Å². The van der Waals surface area contributed by atoms with Crippen molar-refractivity contribution in [1.82, 2.24) is 9.88 Å². The smallest absolute Gasteiger partial charge is 0.433 e. The first-order chi connectivity index (χ1) is 12.8. The van der Waals surface area contributed by atoms with E-state index in [9.17, 15) is 23.1 Å². The predicted octanol–water partition coefficient (Wildman–Crippen LogP) is 3.51. The highest BCUT2D eigenvalue weighted by molar-refractivity contribution is 5.93. The molecule has 0 aliphatic carbocycles. The van der Waals surface area contributed by atoms with Gasteiger partial charge in [-0.25, -0.2) is 9.78 Å². The normalized spacial score (nSPS) is 18.5. The van der Waals surface area contributed by atoms with Gasteiger partial charge in [0, 0.05) is 32.2 Å². The molecule has 1 atom stereocenters. The molecule has 5 nitrogen and oxygen atoms in total. The SMILES string of the molecule is CC1CN(c2nc(C(F)(F)F)ccc2C(=O)O)CCN1Cc1ccccc1. The number of aromatic nitrogens is 1. The number of anilines is 1. The maximum Gasteiger partial charge on any atom is 0.433 e. The molecular weight excluding hydrogens is 359 g/mol. The number of pyridine rings is 1. The summed E-state index contributed by atoms with van der Waals surface area (Å²) in [4.78, 5) is 18.9. The Balaban J connectivity index is 1.80. The third-order valence-corrected chi connectivity index (χ3v) is 4.69. The van der Waals surface area contributed by atoms with Gasteiger partial charge < -0.3 is 10.0 Å². The molecule has 0 spiro atoms. The van der Waals surface area contributed by atoms with Gasteiger partial charge in [-0.3, -0.25) is 4.90 Å². The van der Waals surface area contributed by atoms with E-state index in [1.807, 2.05) is 37.3 Å². The standard InChI is InChI=1S/C19H20F3N3O2/c1-13-11-25(10-9-24(13)12-14-5-3-2-4-6-14)17-15(18(26)27)7-8-16(23-17)19(20,21)22/h2-8,13H,9-12H2,1H3,(H,26,27). The number of alkyl halides is 3. The summed E-state index contributed by atoms with van der Waals surface area (Å²) in [6, 6.07) is 11.6. The van der Waals surface area contributed by atoms with E-state index in [1.54, 1.807) is 4.90 Å². The second kappa shape index (κ2) is 7.56. The second-order valence-corrected chi connectivity index (χ2v) is 6.62. The fraction of sp³-hybridized carbons (Fsp3) is 0.368. The number of carboxylic acids is 1. The Bertz CT molecular complexity index is 812. The largest absolute Gasteiger partial charge is 0.478 e. The fourth-order valence-corrected chi connectivity index (χ4v) is 3.25. The Morgan fingerprint density at radius 1 is 1.19 bits per heavy atom. The van der Waals surface area contributed by atoms with E-state index in [4.69, 9.17) is 0 Å². The van der Waals surface area contributed by atoms with Gasteiger partial charge in [0.25, 0.3) is 0 Å². The van der Waals surface area contributed by atoms with Crippen LogP contribution in [0.3, 0.4) is 0 Å². The molecule has 27 heavy (non-hydrogen) atoms. The van der Waals surface area contributed by atoms with Crippen LogP contribution in [-0.2, 0) is 12.7 Å². The Kier molecular flexibility index (Phi) is 5.36. The van der Waals surface area contributed by atoms with E-state index in [0.717, 1.165) is 18.2 Å². The number of carboxylic acid groups (broad SMARTS) is 1. The van der Waals surface area contributed by atoms with Gasteiger partial charge in [0.15, 0.2) is 0 Å². The average Bonchev–Trinajstić information content (AvgIpc) is 2.63. The molecule has 144 valence electrons. The van der Waals surface area contributed by atoms with Crippen LogP contribution in [0.25, 0.3) is 0 Å². The summed E-state index contributed by atoms with van der Waals surface area (Å²) in [5.41, 5.74) is -0.144. The topological polar surface area (TPSA) is 56.7 Å². The minimum absolute atomic E-state index is 0.0388. The Hall–Kier alpha value is -2.61. The number of hydrogen-bond acceptors (Lipinski definition) is 4. The zero-order valence-corrected chi connectivity index (χ0v) is 14.8. The Morgan fingerprint density at radius 3 is 2.48 bits per heavy atom. The molecule has 1 aliphatic rings. The summed E-state index contributed by atoms with van der Waals surface area (Å²) in [5, 5.41) is 9.34. The van der Waals surface area contributed by atoms with Crippen molar-refractivity contribution in [3.8, 4) is 0 Å². The molecule has 2 heterocycles. The monoisotopic (exact) mass is 379 g/mol. The van der Waals surface area contributed by atoms with Crippen molar-refractivity contribution < 1.29 is 23.1 Å². The first-order valence-corrected chi connectivity index (χ1v) is 8.60. The molecule has 0 amide bonds. The molecule has 8 heteroatoms. The van der Waals surface area contributed by atoms with Crippen LogP contribution in [0.15, 0.2) is 42.5 Å². The van der Waals surface area contributed by atoms with Crippen molar-refractivity contribution in [2.75, 3.05) is 24.5 Å². The molecule has 1 N–H and O–H groups in total. The van der Waals surface area contributed by atoms with Crippen molar-refractivity contribution in [3.63, 3.8) is 0 Å². The van der Waals surface area contributed by atoms with Gasteiger partial charge in [0.2, 0.25) is 0 Å². The first kappa shape index (κ1) is 19.2. The number of benzene rings is 1. The van der Waals surface area contributed by atoms with Gasteiger partial charge in [-0.1, -0.05) is 30.3 Å². The highest BCUT2D eigenvalue weighted by Crippen LogP contribution is 2.31. The van der Waals surface area contributed by atoms with Crippen molar-refractivity contribution >= 4 is 11.8 Å². The highest BCUT2D eigenvalue weighted by Gasteiger charge is 2.35. The molecule has 1 unspecified atom stereocenters. The lowest BCUT2D eigenvalue weighted by atomic mass is 10.1. The summed E-state index contributed by atoms with van der Waals surface area (Å²) in [5.74, 6) is -1.41. The summed E-state index contributed by atoms with van der Waals surface area (Å²) in [7, 11) is 0. The highest BCUT2D eigenvalue weighted by atomic mass is 19.4. The van der Waals surface area contributed by atoms with Gasteiger partial charge in [0.1, 0.15) is 17.1 Å². The number of rotatable bonds is 4. The summed E-state index contributed by atoms with van der Waals surface area (Å²) in [6.07, 6.45) is -4.62. The number of carbonyl (C=O) groups is 1. The van der Waals surface area contributed by atoms with Crippen LogP contribution in [0.2, 0.25) is 0 Å². The molecule has 0 saturated carbocycles. The number of piperazine rings is 1. The Morgan fingerprint density at radius 2 is 1.89 bits per heavy atom. The quantitative estimate of drug-likeness (QED) is 0.881. The van der Waals surface area contributed by atoms with E-state index >= 15 is 0 Å². The minimum atomic E-state index is -4.62. The van der Waals surface area contributed by atoms with Crippen LogP contribution >= 0.6 is 0 Å². The summed E-state index contributed by atoms with van der Waals surface area (Å²) in [6.45, 7) is 4.13. The number of aromatic carboxylic acids is 1. The molecule has 0 bridgehead atoms. The van der Waals surface area contributed by atoms with Crippen LogP contribution in [-0.4, -0.2) is 46.6 Å². The van der Waals surface area contributed by atoms with E-state index < -0.39 is 17.8 Å². The summed E-state index contributed by atoms with van der Waals surface area (Å²) < 4.78 is 39.0. The molecule has 1 aliphatic heterocycles. The molecule has 1 saturated heterocycles.